The fraction of sp³-hybridized carbons (Fsp3) is 0.143. The van der Waals surface area contributed by atoms with Gasteiger partial charge in [0.25, 0.3) is 0 Å². The van der Waals surface area contributed by atoms with Crippen molar-refractivity contribution in [2.75, 3.05) is 7.11 Å². The van der Waals surface area contributed by atoms with Gasteiger partial charge < -0.3 is 4.74 Å². The maximum absolute atomic E-state index is 5.25. The van der Waals surface area contributed by atoms with E-state index in [-0.39, 0.29) is 7.80 Å². The Morgan fingerprint density at radius 2 is 1.50 bits per heavy atom. The van der Waals surface area contributed by atoms with Crippen LogP contribution in [-0.4, -0.2) is 14.1 Å². The average molecular weight is 332 g/mol. The van der Waals surface area contributed by atoms with Crippen LogP contribution in [0.3, 0.4) is 0 Å². The molecule has 3 aromatic carbocycles. The molecular formula is C21H22BOP. The summed E-state index contributed by atoms with van der Waals surface area (Å²) in [5.74, 6) is 0.919. The Hall–Kier alpha value is -2.05. The molecule has 0 aliphatic carbocycles. The SMILES string of the molecule is COc1ccc(CBP(c2ccccc2)c2ccccc2C)cc1. The average Bonchev–Trinajstić information content (AvgIpc) is 2.65. The molecule has 0 aliphatic heterocycles. The summed E-state index contributed by atoms with van der Waals surface area (Å²) in [7, 11) is 1.37. The van der Waals surface area contributed by atoms with Crippen LogP contribution in [0.1, 0.15) is 11.1 Å². The molecule has 0 spiro atoms. The monoisotopic (exact) mass is 332 g/mol. The summed E-state index contributed by atoms with van der Waals surface area (Å²) in [6.07, 6.45) is 1.08. The maximum Gasteiger partial charge on any atom is 0.168 e. The number of aryl methyl sites for hydroxylation is 1. The lowest BCUT2D eigenvalue weighted by atomic mass is 9.95. The van der Waals surface area contributed by atoms with E-state index in [1.165, 1.54) is 21.7 Å². The molecule has 0 fully saturated rings. The minimum absolute atomic E-state index is 0.338. The molecule has 0 bridgehead atoms. The van der Waals surface area contributed by atoms with Gasteiger partial charge in [-0.25, -0.2) is 0 Å². The van der Waals surface area contributed by atoms with Gasteiger partial charge in [-0.1, -0.05) is 80.1 Å². The molecule has 0 saturated heterocycles. The molecular weight excluding hydrogens is 310 g/mol. The molecule has 0 heterocycles. The number of hydrogen-bond donors (Lipinski definition) is 0. The van der Waals surface area contributed by atoms with Gasteiger partial charge in [-0.3, -0.25) is 0 Å². The van der Waals surface area contributed by atoms with E-state index in [0.717, 1.165) is 19.1 Å². The van der Waals surface area contributed by atoms with E-state index in [1.54, 1.807) is 7.11 Å². The second kappa shape index (κ2) is 8.17. The van der Waals surface area contributed by atoms with Crippen LogP contribution >= 0.6 is 7.80 Å². The van der Waals surface area contributed by atoms with Gasteiger partial charge >= 0.3 is 0 Å². The van der Waals surface area contributed by atoms with E-state index >= 15 is 0 Å². The van der Waals surface area contributed by atoms with Gasteiger partial charge in [0.1, 0.15) is 5.75 Å². The first-order valence-electron chi connectivity index (χ1n) is 8.29. The summed E-state index contributed by atoms with van der Waals surface area (Å²) in [6.45, 7) is 3.39. The van der Waals surface area contributed by atoms with Gasteiger partial charge in [0.05, 0.1) is 7.11 Å². The highest BCUT2D eigenvalue weighted by atomic mass is 31.1. The van der Waals surface area contributed by atoms with Crippen molar-refractivity contribution in [3.8, 4) is 5.75 Å². The number of ether oxygens (including phenoxy) is 1. The van der Waals surface area contributed by atoms with Gasteiger partial charge in [-0.05, 0) is 41.5 Å². The van der Waals surface area contributed by atoms with E-state index < -0.39 is 0 Å². The first-order valence-corrected chi connectivity index (χ1v) is 9.82. The fourth-order valence-corrected chi connectivity index (χ4v) is 5.45. The van der Waals surface area contributed by atoms with E-state index in [0.29, 0.717) is 0 Å². The van der Waals surface area contributed by atoms with Crippen molar-refractivity contribution in [1.29, 1.82) is 0 Å². The lowest BCUT2D eigenvalue weighted by molar-refractivity contribution is 0.414. The first kappa shape index (κ1) is 16.8. The molecule has 3 heteroatoms. The van der Waals surface area contributed by atoms with E-state index in [1.807, 2.05) is 12.1 Å². The second-order valence-electron chi connectivity index (χ2n) is 5.87. The van der Waals surface area contributed by atoms with Crippen LogP contribution in [0, 0.1) is 6.92 Å². The van der Waals surface area contributed by atoms with E-state index in [4.69, 9.17) is 4.74 Å². The zero-order valence-electron chi connectivity index (χ0n) is 14.3. The van der Waals surface area contributed by atoms with Crippen LogP contribution in [-0.2, 0) is 6.32 Å². The Labute approximate surface area is 146 Å². The Balaban J connectivity index is 1.84. The van der Waals surface area contributed by atoms with Gasteiger partial charge in [0, 0.05) is 0 Å². The van der Waals surface area contributed by atoms with Crippen molar-refractivity contribution in [1.82, 2.24) is 0 Å². The van der Waals surface area contributed by atoms with Crippen LogP contribution < -0.4 is 15.3 Å². The number of methoxy groups -OCH3 is 1. The van der Waals surface area contributed by atoms with Crippen molar-refractivity contribution in [2.24, 2.45) is 0 Å². The summed E-state index contributed by atoms with van der Waals surface area (Å²) in [4.78, 5) is 0. The molecule has 0 aliphatic rings. The molecule has 0 aromatic heterocycles. The standard InChI is InChI=1S/C21H22BOP/c1-17-8-6-7-11-21(17)24(20-9-4-3-5-10-20)22-16-18-12-14-19(23-2)15-13-18/h3-15,22H,16H2,1-2H3. The molecule has 120 valence electrons. The fourth-order valence-electron chi connectivity index (χ4n) is 2.90. The largest absolute Gasteiger partial charge is 0.497 e. The van der Waals surface area contributed by atoms with Crippen LogP contribution in [0.25, 0.3) is 0 Å². The third-order valence-corrected chi connectivity index (χ3v) is 6.93. The third kappa shape index (κ3) is 4.07. The number of hydrogen-bond acceptors (Lipinski definition) is 1. The molecule has 1 atom stereocenters. The first-order chi connectivity index (χ1) is 11.8. The second-order valence-corrected chi connectivity index (χ2v) is 8.17. The van der Waals surface area contributed by atoms with Crippen molar-refractivity contribution in [2.45, 2.75) is 13.2 Å². The number of rotatable bonds is 6. The minimum atomic E-state index is -0.338. The smallest absolute Gasteiger partial charge is 0.168 e. The third-order valence-electron chi connectivity index (χ3n) is 4.26. The topological polar surface area (TPSA) is 9.23 Å². The Morgan fingerprint density at radius 1 is 0.833 bits per heavy atom. The predicted octanol–water partition coefficient (Wildman–Crippen LogP) is 3.99. The van der Waals surface area contributed by atoms with Gasteiger partial charge in [0.2, 0.25) is 0 Å². The molecule has 0 N–H and O–H groups in total. The van der Waals surface area contributed by atoms with Crippen LogP contribution in [0.4, 0.5) is 0 Å². The highest BCUT2D eigenvalue weighted by Gasteiger charge is 2.16. The lowest BCUT2D eigenvalue weighted by Gasteiger charge is -2.20. The summed E-state index contributed by atoms with van der Waals surface area (Å²) in [6, 6.07) is 28.2. The van der Waals surface area contributed by atoms with Gasteiger partial charge in [-0.15, -0.1) is 0 Å². The zero-order chi connectivity index (χ0) is 16.8. The summed E-state index contributed by atoms with van der Waals surface area (Å²) >= 11 is 0. The van der Waals surface area contributed by atoms with Crippen molar-refractivity contribution in [3.63, 3.8) is 0 Å². The summed E-state index contributed by atoms with van der Waals surface area (Å²) < 4.78 is 5.25. The summed E-state index contributed by atoms with van der Waals surface area (Å²) in [5.41, 5.74) is 2.76. The quantitative estimate of drug-likeness (QED) is 0.490. The van der Waals surface area contributed by atoms with Crippen molar-refractivity contribution >= 4 is 25.4 Å². The normalized spacial score (nSPS) is 11.8. The molecule has 3 rings (SSSR count). The summed E-state index contributed by atoms with van der Waals surface area (Å²) in [5, 5.41) is 2.95. The highest BCUT2D eigenvalue weighted by molar-refractivity contribution is 7.97. The van der Waals surface area contributed by atoms with Crippen LogP contribution in [0.15, 0.2) is 78.9 Å². The molecule has 0 amide bonds. The number of benzene rings is 3. The van der Waals surface area contributed by atoms with Gasteiger partial charge in [-0.2, -0.15) is 0 Å². The van der Waals surface area contributed by atoms with Crippen LogP contribution in [0.5, 0.6) is 5.75 Å². The molecule has 1 unspecified atom stereocenters. The van der Waals surface area contributed by atoms with Crippen molar-refractivity contribution in [3.05, 3.63) is 90.0 Å². The Morgan fingerprint density at radius 3 is 2.17 bits per heavy atom. The van der Waals surface area contributed by atoms with Gasteiger partial charge in [0.15, 0.2) is 7.00 Å². The molecule has 0 saturated carbocycles. The predicted molar refractivity (Wildman–Crippen MR) is 108 cm³/mol. The lowest BCUT2D eigenvalue weighted by Crippen LogP contribution is -2.19. The minimum Gasteiger partial charge on any atom is -0.497 e. The van der Waals surface area contributed by atoms with Crippen LogP contribution in [0.2, 0.25) is 0 Å². The van der Waals surface area contributed by atoms with E-state index in [9.17, 15) is 0 Å². The molecule has 0 radical (unpaired) electrons. The molecule has 24 heavy (non-hydrogen) atoms. The molecule has 3 aromatic rings. The zero-order valence-corrected chi connectivity index (χ0v) is 15.2. The van der Waals surface area contributed by atoms with Crippen molar-refractivity contribution < 1.29 is 4.74 Å². The molecule has 1 nitrogen and oxygen atoms in total. The Kier molecular flexibility index (Phi) is 5.72. The Bertz CT molecular complexity index is 771. The maximum atomic E-state index is 5.25. The highest BCUT2D eigenvalue weighted by Crippen LogP contribution is 2.33. The van der Waals surface area contributed by atoms with E-state index in [2.05, 4.69) is 73.7 Å².